The van der Waals surface area contributed by atoms with Gasteiger partial charge in [-0.15, -0.1) is 0 Å². The maximum atomic E-state index is 2.75. The zero-order chi connectivity index (χ0) is 97.4. The van der Waals surface area contributed by atoms with Gasteiger partial charge in [-0.3, -0.25) is 0 Å². The first kappa shape index (κ1) is 88.4. The standard InChI is InChI=1S/2C46H30N2Se.C46H32N2Se/c1-2-15-32(16-3-1)48-43-23-10-7-19-38(43)40-29-33(25-27-44(40)48)47(34-26-28-46-41(30-34)39-20-8-11-24-45(39)49-46)42-22-9-6-18-37(42)36-21-12-14-31-13-4-5-17-35(31)36;1-2-12-35(13-3-1)48-43-16-8-6-14-39(43)41-29-37(24-26-44(41)48)47(38-25-27-46-42(30-38)40-15-7-9-17-45(40)49-46)36-22-20-32(21-23-36)34-19-18-31-10-4-5-11-33(31)28-34;49-46-28-26-38(30-41(46)33-14-3-1-4-15-33)47(43-21-11-9-19-39(43)35-24-23-32-13-7-8-16-34(32)29-35)37-25-27-45-42(31-37)40-20-10-12-22-44(40)48(45)36-17-5-2-6-18-36/h2*1-30H;1-31,49H. The Labute approximate surface area is 871 Å². The van der Waals surface area contributed by atoms with Crippen LogP contribution in [-0.4, -0.2) is 58.7 Å². The SMILES string of the molecule is [SeH]c1ccc(N(c2ccc3c(c2)c2ccccc2n3-c2ccccc2)c2ccccc2-c2ccc3ccccc3c2)cc1-c1ccccc1.c1ccc(-n2c3ccccc3c3cc(N(c4ccc(-c5ccc6ccccc6c5)cc4)c4ccc5[se]c6ccccc6c5c4)ccc32)cc1.c1ccc(-n2c3ccccc3c3cc(N(c4ccc5[se]c6ccccc6c5c4)c4ccccc4-c4cccc5ccccc45)ccc32)cc1. The van der Waals surface area contributed by atoms with Crippen LogP contribution < -0.4 is 19.2 Å². The molecular formula is C138H92N6Se3. The van der Waals surface area contributed by atoms with E-state index >= 15 is 0 Å². The molecule has 29 rings (SSSR count). The molecule has 0 aliphatic carbocycles. The molecule has 0 saturated carbocycles. The third-order valence-electron chi connectivity index (χ3n) is 29.0. The molecule has 0 amide bonds. The molecule has 0 bridgehead atoms. The van der Waals surface area contributed by atoms with Gasteiger partial charge in [-0.2, -0.15) is 0 Å². The molecule has 0 atom stereocenters. The van der Waals surface area contributed by atoms with Crippen LogP contribution in [0.25, 0.3) is 198 Å². The van der Waals surface area contributed by atoms with Crippen LogP contribution in [0.3, 0.4) is 0 Å². The van der Waals surface area contributed by atoms with E-state index in [9.17, 15) is 0 Å². The zero-order valence-corrected chi connectivity index (χ0v) is 85.3. The number of hydrogen-bond acceptors (Lipinski definition) is 3. The van der Waals surface area contributed by atoms with Gasteiger partial charge >= 0.3 is 789 Å². The van der Waals surface area contributed by atoms with E-state index in [1.54, 1.807) is 0 Å². The molecule has 0 unspecified atom stereocenters. The Balaban J connectivity index is 0.000000109. The normalized spacial score (nSPS) is 11.6. The Morgan fingerprint density at radius 2 is 0.476 bits per heavy atom. The first-order valence-electron chi connectivity index (χ1n) is 50.0. The van der Waals surface area contributed by atoms with Crippen molar-refractivity contribution in [2.75, 3.05) is 14.7 Å². The number of para-hydroxylation sites is 8. The molecule has 6 nitrogen and oxygen atoms in total. The second kappa shape index (κ2) is 37.9. The summed E-state index contributed by atoms with van der Waals surface area (Å²) >= 11 is 3.40. The fraction of sp³-hybridized carbons (Fsp3) is 0. The Bertz CT molecular complexity index is 10100. The van der Waals surface area contributed by atoms with Crippen LogP contribution in [0, 0.1) is 0 Å². The van der Waals surface area contributed by atoms with Crippen LogP contribution >= 0.6 is 0 Å². The summed E-state index contributed by atoms with van der Waals surface area (Å²) in [4.78, 5) is 7.32. The zero-order valence-electron chi connectivity index (χ0n) is 80.0. The molecule has 0 fully saturated rings. The summed E-state index contributed by atoms with van der Waals surface area (Å²) in [5.41, 5.74) is 30.5. The van der Waals surface area contributed by atoms with Gasteiger partial charge in [0.05, 0.1) is 0 Å². The number of nitrogens with zero attached hydrogens (tertiary/aromatic N) is 6. The van der Waals surface area contributed by atoms with Crippen LogP contribution in [0.15, 0.2) is 552 Å². The second-order valence-corrected chi connectivity index (χ2v) is 43.1. The fourth-order valence-electron chi connectivity index (χ4n) is 22.2. The van der Waals surface area contributed by atoms with Crippen molar-refractivity contribution in [2.45, 2.75) is 0 Å². The van der Waals surface area contributed by atoms with Gasteiger partial charge in [0.15, 0.2) is 0 Å². The Hall–Kier alpha value is -17.6. The number of benzene rings is 24. The van der Waals surface area contributed by atoms with E-state index in [1.807, 2.05) is 0 Å². The molecule has 29 aromatic rings. The monoisotopic (exact) mass is 2070 g/mol. The number of hydrogen-bond donors (Lipinski definition) is 0. The Kier molecular flexibility index (Phi) is 22.8. The molecule has 0 aliphatic rings. The minimum absolute atomic E-state index is 0.314. The Morgan fingerprint density at radius 1 is 0.156 bits per heavy atom. The maximum absolute atomic E-state index is 2.75. The predicted octanol–water partition coefficient (Wildman–Crippen LogP) is 36.1. The number of rotatable bonds is 16. The van der Waals surface area contributed by atoms with Gasteiger partial charge in [0.1, 0.15) is 0 Å². The minimum Gasteiger partial charge on any atom is -0.0602 e. The van der Waals surface area contributed by atoms with E-state index in [2.05, 4.69) is 596 Å². The summed E-state index contributed by atoms with van der Waals surface area (Å²) in [5, 5.41) is 20.4. The number of anilines is 9. The smallest absolute Gasteiger partial charge is 0.0602 e. The van der Waals surface area contributed by atoms with Gasteiger partial charge < -0.3 is 0 Å². The molecule has 147 heavy (non-hydrogen) atoms. The van der Waals surface area contributed by atoms with Gasteiger partial charge in [0, 0.05) is 0 Å². The van der Waals surface area contributed by atoms with Crippen LogP contribution in [0.5, 0.6) is 0 Å². The second-order valence-electron chi connectivity index (χ2n) is 37.5. The van der Waals surface area contributed by atoms with Crippen molar-refractivity contribution in [3.8, 4) is 61.6 Å². The average molecular weight is 2070 g/mol. The first-order valence-corrected chi connectivity index (χ1v) is 54.3. The van der Waals surface area contributed by atoms with E-state index in [0.717, 1.165) is 56.9 Å². The topological polar surface area (TPSA) is 24.5 Å². The first-order chi connectivity index (χ1) is 72.8. The van der Waals surface area contributed by atoms with Crippen molar-refractivity contribution in [1.82, 2.24) is 13.7 Å². The quantitative estimate of drug-likeness (QED) is 0.0901. The summed E-state index contributed by atoms with van der Waals surface area (Å²) < 4.78 is 14.1. The molecule has 0 N–H and O–H groups in total. The molecule has 0 aliphatic heterocycles. The Morgan fingerprint density at radius 3 is 0.973 bits per heavy atom. The van der Waals surface area contributed by atoms with Crippen molar-refractivity contribution >= 4 is 237 Å². The van der Waals surface area contributed by atoms with Crippen LogP contribution in [0.4, 0.5) is 51.2 Å². The van der Waals surface area contributed by atoms with Gasteiger partial charge in [0.2, 0.25) is 0 Å². The molecular weight excluding hydrogens is 1980 g/mol. The predicted molar refractivity (Wildman–Crippen MR) is 631 cm³/mol. The third-order valence-corrected chi connectivity index (χ3v) is 34.6. The molecule has 0 saturated heterocycles. The molecule has 0 spiro atoms. The summed E-state index contributed by atoms with van der Waals surface area (Å²) in [6.45, 7) is 0. The molecule has 0 radical (unpaired) electrons. The van der Waals surface area contributed by atoms with Crippen molar-refractivity contribution in [3.05, 3.63) is 552 Å². The molecule has 692 valence electrons. The molecule has 24 aromatic carbocycles. The van der Waals surface area contributed by atoms with Gasteiger partial charge in [-0.25, -0.2) is 0 Å². The summed E-state index contributed by atoms with van der Waals surface area (Å²) in [6.07, 6.45) is 0. The van der Waals surface area contributed by atoms with Crippen LogP contribution in [-0.2, 0) is 0 Å². The summed E-state index contributed by atoms with van der Waals surface area (Å²) in [7, 11) is 0. The molecule has 5 aromatic heterocycles. The van der Waals surface area contributed by atoms with E-state index in [0.29, 0.717) is 29.0 Å². The van der Waals surface area contributed by atoms with Gasteiger partial charge in [0.25, 0.3) is 0 Å². The minimum atomic E-state index is 0.314. The number of aromatic nitrogens is 3. The summed E-state index contributed by atoms with van der Waals surface area (Å²) in [6, 6.07) is 201. The van der Waals surface area contributed by atoms with E-state index in [4.69, 9.17) is 0 Å². The van der Waals surface area contributed by atoms with Gasteiger partial charge in [-0.05, 0) is 5.39 Å². The van der Waals surface area contributed by atoms with Crippen molar-refractivity contribution in [1.29, 1.82) is 0 Å². The van der Waals surface area contributed by atoms with Crippen molar-refractivity contribution in [2.24, 2.45) is 0 Å². The van der Waals surface area contributed by atoms with Crippen LogP contribution in [0.1, 0.15) is 0 Å². The van der Waals surface area contributed by atoms with Crippen molar-refractivity contribution < 1.29 is 0 Å². The van der Waals surface area contributed by atoms with Gasteiger partial charge in [-0.1, -0.05) is 84.9 Å². The fourth-order valence-corrected chi connectivity index (χ4v) is 27.3. The average Bonchev–Trinajstić information content (AvgIpc) is 1.60. The van der Waals surface area contributed by atoms with Crippen molar-refractivity contribution in [3.63, 3.8) is 0 Å². The number of fused-ring (bicyclic) bond motifs is 18. The third kappa shape index (κ3) is 16.2. The van der Waals surface area contributed by atoms with E-state index < -0.39 is 0 Å². The summed E-state index contributed by atoms with van der Waals surface area (Å²) in [5.74, 6) is 0. The molecule has 9 heteroatoms. The molecule has 5 heterocycles. The van der Waals surface area contributed by atoms with E-state index in [-0.39, 0.29) is 0 Å². The van der Waals surface area contributed by atoms with Crippen LogP contribution in [0.2, 0.25) is 0 Å². The van der Waals surface area contributed by atoms with E-state index in [1.165, 1.54) is 197 Å².